The lowest BCUT2D eigenvalue weighted by molar-refractivity contribution is 0.0524. The molecule has 1 fully saturated rings. The first-order chi connectivity index (χ1) is 15.2. The van der Waals surface area contributed by atoms with Gasteiger partial charge in [-0.05, 0) is 40.3 Å². The summed E-state index contributed by atoms with van der Waals surface area (Å²) in [6.07, 6.45) is 1.63. The number of rotatable bonds is 4. The highest BCUT2D eigenvalue weighted by Gasteiger charge is 2.37. The summed E-state index contributed by atoms with van der Waals surface area (Å²) in [5, 5.41) is 0.0413. The molecule has 0 N–H and O–H groups in total. The van der Waals surface area contributed by atoms with Crippen molar-refractivity contribution in [2.24, 2.45) is 0 Å². The fraction of sp³-hybridized carbons (Fsp3) is 0.542. The first-order valence-corrected chi connectivity index (χ1v) is 11.3. The van der Waals surface area contributed by atoms with Crippen LogP contribution in [0.3, 0.4) is 0 Å². The number of nitrogens with zero attached hydrogens (tertiary/aromatic N) is 3. The van der Waals surface area contributed by atoms with Crippen LogP contribution in [-0.4, -0.2) is 59.5 Å². The maximum atomic E-state index is 15.6. The number of aromatic nitrogens is 1. The van der Waals surface area contributed by atoms with Crippen molar-refractivity contribution in [2.45, 2.75) is 59.2 Å². The zero-order valence-corrected chi connectivity index (χ0v) is 19.3. The number of likely N-dealkylation sites (N-methyl/N-ethyl adjacent to an activating group) is 1. The predicted octanol–water partition coefficient (Wildman–Crippen LogP) is 3.38. The van der Waals surface area contributed by atoms with Crippen molar-refractivity contribution in [3.8, 4) is 0 Å². The van der Waals surface area contributed by atoms with Gasteiger partial charge in [-0.3, -0.25) is 14.5 Å². The Morgan fingerprint density at radius 1 is 1.12 bits per heavy atom. The normalized spacial score (nSPS) is 23.6. The van der Waals surface area contributed by atoms with E-state index < -0.39 is 17.2 Å². The average molecular weight is 444 g/mol. The number of esters is 1. The van der Waals surface area contributed by atoms with Gasteiger partial charge in [-0.25, -0.2) is 9.18 Å². The molecule has 8 heteroatoms. The molecular weight excluding hydrogens is 413 g/mol. The Hall–Kier alpha value is -2.74. The minimum atomic E-state index is -0.739. The molecule has 1 aromatic carbocycles. The van der Waals surface area contributed by atoms with E-state index in [9.17, 15) is 14.4 Å². The molecule has 1 aromatic heterocycles. The molecule has 2 aliphatic heterocycles. The smallest absolute Gasteiger partial charge is 0.343 e. The molecule has 32 heavy (non-hydrogen) atoms. The van der Waals surface area contributed by atoms with E-state index in [1.807, 2.05) is 18.7 Å². The maximum absolute atomic E-state index is 15.6. The Morgan fingerprint density at radius 2 is 1.84 bits per heavy atom. The Kier molecular flexibility index (Phi) is 5.83. The van der Waals surface area contributed by atoms with Crippen molar-refractivity contribution in [2.75, 3.05) is 31.1 Å². The van der Waals surface area contributed by atoms with Crippen LogP contribution < -0.4 is 10.3 Å². The van der Waals surface area contributed by atoms with Crippen LogP contribution in [0.1, 0.15) is 67.8 Å². The molecule has 0 aliphatic carbocycles. The summed E-state index contributed by atoms with van der Waals surface area (Å²) < 4.78 is 22.4. The third kappa shape index (κ3) is 3.41. The van der Waals surface area contributed by atoms with E-state index in [1.165, 1.54) is 12.3 Å². The molecule has 4 rings (SSSR count). The molecule has 0 bridgehead atoms. The average Bonchev–Trinajstić information content (AvgIpc) is 2.74. The number of Topliss-reactive ketones (excluding diaryl/α,β-unsaturated/α-hetero) is 1. The lowest BCUT2D eigenvalue weighted by atomic mass is 9.91. The molecule has 172 valence electrons. The highest BCUT2D eigenvalue weighted by atomic mass is 19.1. The van der Waals surface area contributed by atoms with Crippen molar-refractivity contribution >= 4 is 28.3 Å². The van der Waals surface area contributed by atoms with Crippen molar-refractivity contribution in [1.29, 1.82) is 0 Å². The summed E-state index contributed by atoms with van der Waals surface area (Å²) in [6, 6.07) is 1.12. The summed E-state index contributed by atoms with van der Waals surface area (Å²) in [5.74, 6) is -1.53. The molecule has 2 aromatic rings. The van der Waals surface area contributed by atoms with Crippen LogP contribution in [0.4, 0.5) is 10.1 Å². The number of halogens is 1. The third-order valence-corrected chi connectivity index (χ3v) is 6.78. The zero-order valence-electron chi connectivity index (χ0n) is 19.3. The highest BCUT2D eigenvalue weighted by Crippen LogP contribution is 2.39. The number of anilines is 1. The van der Waals surface area contributed by atoms with Gasteiger partial charge in [-0.15, -0.1) is 0 Å². The number of hydrogen-bond acceptors (Lipinski definition) is 6. The lowest BCUT2D eigenvalue weighted by Gasteiger charge is -2.46. The van der Waals surface area contributed by atoms with E-state index >= 15 is 4.39 Å². The summed E-state index contributed by atoms with van der Waals surface area (Å²) >= 11 is 0. The number of benzene rings is 1. The van der Waals surface area contributed by atoms with Crippen LogP contribution in [0.15, 0.2) is 17.1 Å². The molecule has 3 atom stereocenters. The fourth-order valence-electron chi connectivity index (χ4n) is 5.14. The molecule has 1 saturated heterocycles. The van der Waals surface area contributed by atoms with Gasteiger partial charge < -0.3 is 14.2 Å². The summed E-state index contributed by atoms with van der Waals surface area (Å²) in [4.78, 5) is 43.0. The highest BCUT2D eigenvalue weighted by molar-refractivity contribution is 6.14. The van der Waals surface area contributed by atoms with E-state index in [0.717, 1.165) is 13.1 Å². The van der Waals surface area contributed by atoms with E-state index in [4.69, 9.17) is 4.74 Å². The summed E-state index contributed by atoms with van der Waals surface area (Å²) in [6.45, 7) is 12.1. The number of carbonyl (C=O) groups is 2. The number of carbonyl (C=O) groups excluding carboxylic acids is 2. The second-order valence-electron chi connectivity index (χ2n) is 8.89. The minimum absolute atomic E-state index is 0.000442. The Morgan fingerprint density at radius 3 is 2.50 bits per heavy atom. The number of piperazine rings is 1. The second-order valence-corrected chi connectivity index (χ2v) is 8.89. The van der Waals surface area contributed by atoms with Gasteiger partial charge in [-0.2, -0.15) is 0 Å². The van der Waals surface area contributed by atoms with E-state index in [0.29, 0.717) is 12.1 Å². The van der Waals surface area contributed by atoms with Crippen LogP contribution in [0.2, 0.25) is 0 Å². The monoisotopic (exact) mass is 443 g/mol. The van der Waals surface area contributed by atoms with Gasteiger partial charge >= 0.3 is 5.97 Å². The van der Waals surface area contributed by atoms with Crippen LogP contribution in [0.25, 0.3) is 10.9 Å². The van der Waals surface area contributed by atoms with Gasteiger partial charge in [0.1, 0.15) is 11.4 Å². The number of ketones is 1. The van der Waals surface area contributed by atoms with E-state index in [1.54, 1.807) is 11.5 Å². The Labute approximate surface area is 186 Å². The van der Waals surface area contributed by atoms with E-state index in [-0.39, 0.29) is 59.1 Å². The largest absolute Gasteiger partial charge is 0.462 e. The van der Waals surface area contributed by atoms with Crippen LogP contribution in [0, 0.1) is 5.82 Å². The molecule has 0 amide bonds. The van der Waals surface area contributed by atoms with Crippen LogP contribution in [-0.2, 0) is 4.74 Å². The molecule has 0 spiro atoms. The first-order valence-electron chi connectivity index (χ1n) is 11.3. The fourth-order valence-corrected chi connectivity index (χ4v) is 5.14. The third-order valence-electron chi connectivity index (χ3n) is 6.78. The van der Waals surface area contributed by atoms with Gasteiger partial charge in [0.25, 0.3) is 0 Å². The molecule has 3 unspecified atom stereocenters. The van der Waals surface area contributed by atoms with Crippen molar-refractivity contribution < 1.29 is 18.7 Å². The molecule has 0 radical (unpaired) electrons. The summed E-state index contributed by atoms with van der Waals surface area (Å²) in [5.41, 5.74) is 0.162. The Bertz CT molecular complexity index is 1160. The molecule has 0 saturated carbocycles. The molecular formula is C24H30FN3O4. The van der Waals surface area contributed by atoms with Gasteiger partial charge in [-0.1, -0.05) is 6.92 Å². The van der Waals surface area contributed by atoms with Gasteiger partial charge in [0, 0.05) is 43.8 Å². The quantitative estimate of drug-likeness (QED) is 0.675. The SMILES string of the molecule is CCOC(=O)c1cn2c3c(c(N4CC(C)N(CC)CC4C)c(F)cc3c1=O)C(=O)CC2C. The molecule has 2 aliphatic rings. The van der Waals surface area contributed by atoms with Crippen molar-refractivity contribution in [3.63, 3.8) is 0 Å². The van der Waals surface area contributed by atoms with Crippen molar-refractivity contribution in [3.05, 3.63) is 39.4 Å². The topological polar surface area (TPSA) is 71.8 Å². The first kappa shape index (κ1) is 22.5. The summed E-state index contributed by atoms with van der Waals surface area (Å²) in [7, 11) is 0. The zero-order chi connectivity index (χ0) is 23.3. The number of hydrogen-bond donors (Lipinski definition) is 0. The van der Waals surface area contributed by atoms with Gasteiger partial charge in [0.15, 0.2) is 5.78 Å². The number of pyridine rings is 1. The maximum Gasteiger partial charge on any atom is 0.343 e. The second kappa shape index (κ2) is 8.31. The van der Waals surface area contributed by atoms with Crippen molar-refractivity contribution in [1.82, 2.24) is 9.47 Å². The van der Waals surface area contributed by atoms with Crippen LogP contribution in [0.5, 0.6) is 0 Å². The Balaban J connectivity index is 1.99. The van der Waals surface area contributed by atoms with Crippen LogP contribution >= 0.6 is 0 Å². The molecule has 3 heterocycles. The van der Waals surface area contributed by atoms with E-state index in [2.05, 4.69) is 18.7 Å². The minimum Gasteiger partial charge on any atom is -0.462 e. The number of ether oxygens (including phenoxy) is 1. The van der Waals surface area contributed by atoms with Gasteiger partial charge in [0.2, 0.25) is 5.43 Å². The standard InChI is InChI=1S/C24H30FN3O4/c1-6-26-10-15(5)27(11-14(26)4)22-18(25)9-16-21-20(22)19(29)8-13(3)28(21)12-17(23(16)30)24(31)32-7-2/h9,12-15H,6-8,10-11H2,1-5H3. The van der Waals surface area contributed by atoms with Gasteiger partial charge in [0.05, 0.1) is 28.8 Å². The predicted molar refractivity (Wildman–Crippen MR) is 121 cm³/mol. The lowest BCUT2D eigenvalue weighted by Crippen LogP contribution is -2.57. The molecule has 7 nitrogen and oxygen atoms in total.